The SMILES string of the molecule is CCOc1cc(/C=C2/SC(=O)N(CC(=O)O)C2=O)ccc1OCc1ccc(Cl)cc1. The van der Waals surface area contributed by atoms with Crippen molar-refractivity contribution in [1.29, 1.82) is 0 Å². The smallest absolute Gasteiger partial charge is 0.323 e. The molecule has 7 nitrogen and oxygen atoms in total. The van der Waals surface area contributed by atoms with Gasteiger partial charge in [0.15, 0.2) is 11.5 Å². The normalized spacial score (nSPS) is 15.0. The molecule has 0 atom stereocenters. The van der Waals surface area contributed by atoms with Gasteiger partial charge in [-0.2, -0.15) is 0 Å². The number of amides is 2. The van der Waals surface area contributed by atoms with Crippen molar-refractivity contribution < 1.29 is 29.0 Å². The minimum absolute atomic E-state index is 0.151. The Labute approximate surface area is 182 Å². The van der Waals surface area contributed by atoms with Gasteiger partial charge in [-0.3, -0.25) is 19.3 Å². The van der Waals surface area contributed by atoms with Gasteiger partial charge < -0.3 is 14.6 Å². The zero-order chi connectivity index (χ0) is 21.7. The standard InChI is InChI=1S/C21H18ClNO6S/c1-2-28-17-9-14(10-18-20(26)23(11-19(24)25)21(27)30-18)5-8-16(17)29-12-13-3-6-15(22)7-4-13/h3-10H,2,11-12H2,1H3,(H,24,25)/b18-10+. The van der Waals surface area contributed by atoms with E-state index >= 15 is 0 Å². The van der Waals surface area contributed by atoms with E-state index in [4.69, 9.17) is 26.2 Å². The fourth-order valence-corrected chi connectivity index (χ4v) is 3.63. The molecule has 1 saturated heterocycles. The number of halogens is 1. The number of carboxylic acid groups (broad SMARTS) is 1. The van der Waals surface area contributed by atoms with Crippen molar-refractivity contribution in [2.24, 2.45) is 0 Å². The highest BCUT2D eigenvalue weighted by Gasteiger charge is 2.36. The lowest BCUT2D eigenvalue weighted by Gasteiger charge is -2.13. The molecule has 1 fully saturated rings. The Hall–Kier alpha value is -2.97. The molecule has 0 aliphatic carbocycles. The lowest BCUT2D eigenvalue weighted by Crippen LogP contribution is -2.33. The molecule has 1 heterocycles. The van der Waals surface area contributed by atoms with Crippen molar-refractivity contribution in [3.8, 4) is 11.5 Å². The number of benzene rings is 2. The van der Waals surface area contributed by atoms with Gasteiger partial charge in [-0.05, 0) is 60.2 Å². The fraction of sp³-hybridized carbons (Fsp3) is 0.190. The first-order chi connectivity index (χ1) is 14.4. The van der Waals surface area contributed by atoms with E-state index < -0.39 is 23.7 Å². The maximum absolute atomic E-state index is 12.3. The predicted molar refractivity (Wildman–Crippen MR) is 114 cm³/mol. The summed E-state index contributed by atoms with van der Waals surface area (Å²) in [6.45, 7) is 1.91. The second kappa shape index (κ2) is 9.69. The molecular weight excluding hydrogens is 430 g/mol. The zero-order valence-electron chi connectivity index (χ0n) is 16.0. The molecule has 0 unspecified atom stereocenters. The van der Waals surface area contributed by atoms with Gasteiger partial charge in [-0.1, -0.05) is 29.8 Å². The van der Waals surface area contributed by atoms with E-state index in [1.807, 2.05) is 19.1 Å². The number of carboxylic acids is 1. The number of nitrogens with zero attached hydrogens (tertiary/aromatic N) is 1. The summed E-state index contributed by atoms with van der Waals surface area (Å²) in [5.41, 5.74) is 1.57. The number of thioether (sulfide) groups is 1. The fourth-order valence-electron chi connectivity index (χ4n) is 2.67. The van der Waals surface area contributed by atoms with E-state index in [1.165, 1.54) is 6.08 Å². The summed E-state index contributed by atoms with van der Waals surface area (Å²) >= 11 is 6.59. The highest BCUT2D eigenvalue weighted by atomic mass is 35.5. The maximum Gasteiger partial charge on any atom is 0.323 e. The number of carbonyl (C=O) groups is 3. The van der Waals surface area contributed by atoms with Crippen LogP contribution >= 0.6 is 23.4 Å². The van der Waals surface area contributed by atoms with E-state index in [2.05, 4.69) is 0 Å². The second-order valence-electron chi connectivity index (χ2n) is 6.22. The van der Waals surface area contributed by atoms with Gasteiger partial charge in [0.25, 0.3) is 11.1 Å². The van der Waals surface area contributed by atoms with Crippen molar-refractivity contribution in [3.63, 3.8) is 0 Å². The van der Waals surface area contributed by atoms with Gasteiger partial charge in [0.05, 0.1) is 11.5 Å². The third-order valence-electron chi connectivity index (χ3n) is 4.04. The Kier molecular flexibility index (Phi) is 7.02. The third kappa shape index (κ3) is 5.34. The highest BCUT2D eigenvalue weighted by molar-refractivity contribution is 8.18. The second-order valence-corrected chi connectivity index (χ2v) is 7.65. The number of hydrogen-bond acceptors (Lipinski definition) is 6. The minimum atomic E-state index is -1.25. The number of carbonyl (C=O) groups excluding carboxylic acids is 2. The largest absolute Gasteiger partial charge is 0.490 e. The Morgan fingerprint density at radius 2 is 1.87 bits per heavy atom. The number of rotatable bonds is 8. The van der Waals surface area contributed by atoms with Crippen molar-refractivity contribution in [2.75, 3.05) is 13.2 Å². The van der Waals surface area contributed by atoms with Crippen molar-refractivity contribution in [1.82, 2.24) is 4.90 Å². The van der Waals surface area contributed by atoms with E-state index in [9.17, 15) is 14.4 Å². The highest BCUT2D eigenvalue weighted by Crippen LogP contribution is 2.34. The van der Waals surface area contributed by atoms with Gasteiger partial charge in [0, 0.05) is 5.02 Å². The van der Waals surface area contributed by atoms with Crippen LogP contribution in [0.2, 0.25) is 5.02 Å². The Bertz CT molecular complexity index is 1010. The molecule has 3 rings (SSSR count). The quantitative estimate of drug-likeness (QED) is 0.598. The molecule has 1 aliphatic rings. The molecule has 30 heavy (non-hydrogen) atoms. The van der Waals surface area contributed by atoms with Gasteiger partial charge in [-0.25, -0.2) is 0 Å². The lowest BCUT2D eigenvalue weighted by molar-refractivity contribution is -0.140. The number of hydrogen-bond donors (Lipinski definition) is 1. The molecule has 0 radical (unpaired) electrons. The minimum Gasteiger partial charge on any atom is -0.490 e. The molecule has 9 heteroatoms. The van der Waals surface area contributed by atoms with Crippen LogP contribution < -0.4 is 9.47 Å². The van der Waals surface area contributed by atoms with Gasteiger partial charge in [0.2, 0.25) is 0 Å². The van der Waals surface area contributed by atoms with Gasteiger partial charge >= 0.3 is 5.97 Å². The molecule has 0 spiro atoms. The van der Waals surface area contributed by atoms with Crippen LogP contribution in [0, 0.1) is 0 Å². The monoisotopic (exact) mass is 447 g/mol. The van der Waals surface area contributed by atoms with Crippen molar-refractivity contribution in [2.45, 2.75) is 13.5 Å². The molecule has 0 aromatic heterocycles. The van der Waals surface area contributed by atoms with Crippen LogP contribution in [0.1, 0.15) is 18.1 Å². The summed E-state index contributed by atoms with van der Waals surface area (Å²) in [5.74, 6) is -0.860. The summed E-state index contributed by atoms with van der Waals surface area (Å²) in [4.78, 5) is 35.9. The molecule has 2 amide bonds. The molecule has 2 aromatic carbocycles. The lowest BCUT2D eigenvalue weighted by atomic mass is 10.1. The summed E-state index contributed by atoms with van der Waals surface area (Å²) < 4.78 is 11.5. The average Bonchev–Trinajstić information content (AvgIpc) is 2.96. The predicted octanol–water partition coefficient (Wildman–Crippen LogP) is 4.44. The molecule has 0 bridgehead atoms. The Morgan fingerprint density at radius 1 is 1.13 bits per heavy atom. The topological polar surface area (TPSA) is 93.1 Å². The van der Waals surface area contributed by atoms with Crippen LogP contribution in [-0.4, -0.2) is 40.3 Å². The number of aliphatic carboxylic acids is 1. The van der Waals surface area contributed by atoms with Crippen LogP contribution in [0.4, 0.5) is 4.79 Å². The first kappa shape index (κ1) is 21.7. The van der Waals surface area contributed by atoms with Gasteiger partial charge in [-0.15, -0.1) is 0 Å². The first-order valence-corrected chi connectivity index (χ1v) is 10.2. The van der Waals surface area contributed by atoms with Crippen molar-refractivity contribution >= 4 is 46.6 Å². The first-order valence-electron chi connectivity index (χ1n) is 8.98. The van der Waals surface area contributed by atoms with E-state index in [1.54, 1.807) is 30.3 Å². The summed E-state index contributed by atoms with van der Waals surface area (Å²) in [6, 6.07) is 12.4. The summed E-state index contributed by atoms with van der Waals surface area (Å²) in [6.07, 6.45) is 1.53. The Morgan fingerprint density at radius 3 is 2.53 bits per heavy atom. The average molecular weight is 448 g/mol. The van der Waals surface area contributed by atoms with Crippen LogP contribution in [0.3, 0.4) is 0 Å². The third-order valence-corrected chi connectivity index (χ3v) is 5.20. The molecule has 0 saturated carbocycles. The van der Waals surface area contributed by atoms with E-state index in [0.29, 0.717) is 52.0 Å². The van der Waals surface area contributed by atoms with Crippen LogP contribution in [0.15, 0.2) is 47.4 Å². The molecule has 2 aromatic rings. The Balaban J connectivity index is 1.78. The maximum atomic E-state index is 12.3. The summed E-state index contributed by atoms with van der Waals surface area (Å²) in [5, 5.41) is 8.88. The van der Waals surface area contributed by atoms with Crippen LogP contribution in [0.25, 0.3) is 6.08 Å². The van der Waals surface area contributed by atoms with E-state index in [-0.39, 0.29) is 4.91 Å². The van der Waals surface area contributed by atoms with Crippen LogP contribution in [0.5, 0.6) is 11.5 Å². The number of ether oxygens (including phenoxy) is 2. The molecule has 1 aliphatic heterocycles. The van der Waals surface area contributed by atoms with Crippen LogP contribution in [-0.2, 0) is 16.2 Å². The zero-order valence-corrected chi connectivity index (χ0v) is 17.5. The number of imide groups is 1. The van der Waals surface area contributed by atoms with Gasteiger partial charge in [0.1, 0.15) is 13.2 Å². The molecular formula is C21H18ClNO6S. The van der Waals surface area contributed by atoms with E-state index in [0.717, 1.165) is 5.56 Å². The molecule has 1 N–H and O–H groups in total. The molecule has 156 valence electrons. The van der Waals surface area contributed by atoms with Crippen molar-refractivity contribution in [3.05, 3.63) is 63.5 Å². The summed E-state index contributed by atoms with van der Waals surface area (Å²) in [7, 11) is 0.